The number of pyridine rings is 2. The quantitative estimate of drug-likeness (QED) is 0.546. The molecule has 2 aromatic heterocycles. The number of H-pyrrole nitrogens is 1. The first-order chi connectivity index (χ1) is 15.1. The molecule has 6 nitrogen and oxygen atoms in total. The summed E-state index contributed by atoms with van der Waals surface area (Å²) in [5.74, 6) is 0.259. The van der Waals surface area contributed by atoms with E-state index < -0.39 is 6.61 Å². The van der Waals surface area contributed by atoms with Gasteiger partial charge in [0.25, 0.3) is 5.56 Å². The lowest BCUT2D eigenvalue weighted by atomic mass is 10.2. The maximum atomic E-state index is 12.9. The fraction of sp³-hybridized carbons (Fsp3) is 0.304. The van der Waals surface area contributed by atoms with Gasteiger partial charge in [-0.05, 0) is 56.0 Å². The lowest BCUT2D eigenvalue weighted by Crippen LogP contribution is -2.23. The average Bonchev–Trinajstić information content (AvgIpc) is 3.28. The minimum atomic E-state index is -2.95. The van der Waals surface area contributed by atoms with Crippen LogP contribution >= 0.6 is 0 Å². The van der Waals surface area contributed by atoms with Crippen molar-refractivity contribution >= 4 is 11.4 Å². The summed E-state index contributed by atoms with van der Waals surface area (Å²) < 4.78 is 36.6. The Morgan fingerprint density at radius 3 is 2.65 bits per heavy atom. The monoisotopic (exact) mass is 427 g/mol. The number of hydrogen-bond donors (Lipinski definition) is 1. The summed E-state index contributed by atoms with van der Waals surface area (Å²) in [6.07, 6.45) is 8.74. The molecule has 1 aliphatic rings. The second-order valence-corrected chi connectivity index (χ2v) is 7.36. The highest BCUT2D eigenvalue weighted by Crippen LogP contribution is 2.38. The van der Waals surface area contributed by atoms with E-state index in [1.165, 1.54) is 6.07 Å². The molecule has 1 aromatic carbocycles. The van der Waals surface area contributed by atoms with Gasteiger partial charge in [0, 0.05) is 29.7 Å². The smallest absolute Gasteiger partial charge is 0.387 e. The van der Waals surface area contributed by atoms with Crippen molar-refractivity contribution in [3.05, 3.63) is 77.0 Å². The third-order valence-corrected chi connectivity index (χ3v) is 5.24. The average molecular weight is 427 g/mol. The van der Waals surface area contributed by atoms with Crippen LogP contribution in [0.4, 0.5) is 20.2 Å². The lowest BCUT2D eigenvalue weighted by molar-refractivity contribution is -0.0520. The van der Waals surface area contributed by atoms with Crippen molar-refractivity contribution in [2.75, 3.05) is 4.90 Å². The van der Waals surface area contributed by atoms with Gasteiger partial charge in [0.05, 0.1) is 24.5 Å². The normalized spacial score (nSPS) is 14.0. The molecule has 4 rings (SSSR count). The van der Waals surface area contributed by atoms with Crippen LogP contribution in [0.1, 0.15) is 31.2 Å². The van der Waals surface area contributed by atoms with E-state index in [-0.39, 0.29) is 29.7 Å². The fourth-order valence-electron chi connectivity index (χ4n) is 3.73. The maximum absolute atomic E-state index is 12.9. The first kappa shape index (κ1) is 20.8. The minimum Gasteiger partial charge on any atom is -0.486 e. The number of nitrogens with zero attached hydrogens (tertiary/aromatic N) is 2. The molecule has 0 aliphatic heterocycles. The summed E-state index contributed by atoms with van der Waals surface area (Å²) in [5.41, 5.74) is 1.78. The van der Waals surface area contributed by atoms with Crippen LogP contribution in [0.2, 0.25) is 0 Å². The zero-order chi connectivity index (χ0) is 21.6. The molecule has 1 N–H and O–H groups in total. The van der Waals surface area contributed by atoms with Gasteiger partial charge in [0.15, 0.2) is 11.5 Å². The molecule has 0 saturated heterocycles. The molecule has 1 fully saturated rings. The number of halogens is 2. The predicted octanol–water partition coefficient (Wildman–Crippen LogP) is 5.03. The van der Waals surface area contributed by atoms with Gasteiger partial charge in [-0.3, -0.25) is 9.78 Å². The predicted molar refractivity (Wildman–Crippen MR) is 113 cm³/mol. The van der Waals surface area contributed by atoms with Crippen molar-refractivity contribution in [2.24, 2.45) is 0 Å². The van der Waals surface area contributed by atoms with E-state index in [1.54, 1.807) is 48.9 Å². The Balaban J connectivity index is 1.72. The maximum Gasteiger partial charge on any atom is 0.387 e. The van der Waals surface area contributed by atoms with Crippen LogP contribution in [0.15, 0.2) is 65.8 Å². The second-order valence-electron chi connectivity index (χ2n) is 7.36. The van der Waals surface area contributed by atoms with Crippen molar-refractivity contribution in [1.82, 2.24) is 9.97 Å². The van der Waals surface area contributed by atoms with Gasteiger partial charge in [-0.2, -0.15) is 8.78 Å². The molecule has 0 radical (unpaired) electrons. The summed E-state index contributed by atoms with van der Waals surface area (Å²) in [6.45, 7) is -2.69. The Morgan fingerprint density at radius 2 is 1.94 bits per heavy atom. The van der Waals surface area contributed by atoms with Crippen LogP contribution in [0.25, 0.3) is 0 Å². The van der Waals surface area contributed by atoms with E-state index in [4.69, 9.17) is 4.74 Å². The number of aromatic nitrogens is 2. The highest BCUT2D eigenvalue weighted by atomic mass is 19.3. The van der Waals surface area contributed by atoms with Gasteiger partial charge in [-0.15, -0.1) is 0 Å². The van der Waals surface area contributed by atoms with E-state index in [0.29, 0.717) is 11.3 Å². The minimum absolute atomic E-state index is 0.00524. The Kier molecular flexibility index (Phi) is 6.45. The van der Waals surface area contributed by atoms with Gasteiger partial charge < -0.3 is 19.4 Å². The molecular weight excluding hydrogens is 404 g/mol. The number of anilines is 2. The number of aromatic amines is 1. The van der Waals surface area contributed by atoms with Crippen molar-refractivity contribution < 1.29 is 18.3 Å². The summed E-state index contributed by atoms with van der Waals surface area (Å²) >= 11 is 0. The fourth-order valence-corrected chi connectivity index (χ4v) is 3.73. The molecular formula is C23H23F2N3O3. The molecule has 8 heteroatoms. The van der Waals surface area contributed by atoms with Crippen molar-refractivity contribution in [3.63, 3.8) is 0 Å². The lowest BCUT2D eigenvalue weighted by Gasteiger charge is -2.26. The van der Waals surface area contributed by atoms with Crippen LogP contribution in [0.5, 0.6) is 11.5 Å². The standard InChI is InChI=1S/C23H23F2N3O3/c24-23(25)31-20-10-9-17(13-21(20)30-19-7-1-2-8-19)28(18-6-4-11-26-14-18)15-16-5-3-12-27-22(16)29/h3-6,9-14,19,23H,1-2,7-8,15H2,(H,27,29). The van der Waals surface area contributed by atoms with Gasteiger partial charge >= 0.3 is 6.61 Å². The number of rotatable bonds is 8. The Labute approximate surface area is 178 Å². The molecule has 0 bridgehead atoms. The second kappa shape index (κ2) is 9.59. The SMILES string of the molecule is O=c1[nH]cccc1CN(c1cccnc1)c1ccc(OC(F)F)c(OC2CCCC2)c1. The number of hydrogen-bond acceptors (Lipinski definition) is 5. The van der Waals surface area contributed by atoms with Crippen LogP contribution in [0, 0.1) is 0 Å². The van der Waals surface area contributed by atoms with Gasteiger partial charge in [0.2, 0.25) is 0 Å². The van der Waals surface area contributed by atoms with E-state index in [2.05, 4.69) is 14.7 Å². The summed E-state index contributed by atoms with van der Waals surface area (Å²) in [7, 11) is 0. The molecule has 2 heterocycles. The molecule has 0 unspecified atom stereocenters. The molecule has 162 valence electrons. The molecule has 0 spiro atoms. The van der Waals surface area contributed by atoms with Crippen molar-refractivity contribution in [2.45, 2.75) is 44.9 Å². The first-order valence-corrected chi connectivity index (χ1v) is 10.2. The van der Waals surface area contributed by atoms with E-state index in [9.17, 15) is 13.6 Å². The zero-order valence-electron chi connectivity index (χ0n) is 16.8. The van der Waals surface area contributed by atoms with Crippen LogP contribution in [0.3, 0.4) is 0 Å². The summed E-state index contributed by atoms with van der Waals surface area (Å²) in [4.78, 5) is 21.0. The Hall–Kier alpha value is -3.42. The van der Waals surface area contributed by atoms with Crippen molar-refractivity contribution in [1.29, 1.82) is 0 Å². The van der Waals surface area contributed by atoms with E-state index >= 15 is 0 Å². The third-order valence-electron chi connectivity index (χ3n) is 5.24. The number of alkyl halides is 2. The number of benzene rings is 1. The highest BCUT2D eigenvalue weighted by molar-refractivity contribution is 5.66. The molecule has 31 heavy (non-hydrogen) atoms. The van der Waals surface area contributed by atoms with Gasteiger partial charge in [-0.1, -0.05) is 6.07 Å². The Bertz CT molecular complexity index is 1050. The highest BCUT2D eigenvalue weighted by Gasteiger charge is 2.22. The third kappa shape index (κ3) is 5.20. The van der Waals surface area contributed by atoms with Crippen LogP contribution in [-0.2, 0) is 6.54 Å². The zero-order valence-corrected chi connectivity index (χ0v) is 16.8. The van der Waals surface area contributed by atoms with Crippen molar-refractivity contribution in [3.8, 4) is 11.5 Å². The van der Waals surface area contributed by atoms with Crippen LogP contribution in [-0.4, -0.2) is 22.7 Å². The topological polar surface area (TPSA) is 67.5 Å². The van der Waals surface area contributed by atoms with E-state index in [0.717, 1.165) is 31.4 Å². The summed E-state index contributed by atoms with van der Waals surface area (Å²) in [5, 5.41) is 0. The van der Waals surface area contributed by atoms with Gasteiger partial charge in [-0.25, -0.2) is 0 Å². The molecule has 0 atom stereocenters. The van der Waals surface area contributed by atoms with Crippen LogP contribution < -0.4 is 19.9 Å². The summed E-state index contributed by atoms with van der Waals surface area (Å²) in [6, 6.07) is 12.0. The Morgan fingerprint density at radius 1 is 1.10 bits per heavy atom. The van der Waals surface area contributed by atoms with E-state index in [1.807, 2.05) is 11.0 Å². The molecule has 1 aliphatic carbocycles. The number of nitrogens with one attached hydrogen (secondary N) is 1. The molecule has 1 saturated carbocycles. The van der Waals surface area contributed by atoms with Gasteiger partial charge in [0.1, 0.15) is 0 Å². The number of ether oxygens (including phenoxy) is 2. The largest absolute Gasteiger partial charge is 0.486 e. The first-order valence-electron chi connectivity index (χ1n) is 10.2. The molecule has 0 amide bonds. The molecule has 3 aromatic rings.